The van der Waals surface area contributed by atoms with E-state index in [4.69, 9.17) is 0 Å². The van der Waals surface area contributed by atoms with E-state index in [-0.39, 0.29) is 11.7 Å². The summed E-state index contributed by atoms with van der Waals surface area (Å²) in [6.07, 6.45) is 3.13. The fraction of sp³-hybridized carbons (Fsp3) is 0.444. The highest BCUT2D eigenvalue weighted by molar-refractivity contribution is 7.16. The van der Waals surface area contributed by atoms with Gasteiger partial charge in [-0.1, -0.05) is 6.42 Å². The Labute approximate surface area is 155 Å². The maximum absolute atomic E-state index is 12.2. The average molecular weight is 384 g/mol. The zero-order valence-electron chi connectivity index (χ0n) is 14.8. The summed E-state index contributed by atoms with van der Waals surface area (Å²) in [5, 5.41) is 4.10. The van der Waals surface area contributed by atoms with Gasteiger partial charge in [-0.2, -0.15) is 8.78 Å². The van der Waals surface area contributed by atoms with Crippen LogP contribution in [0.15, 0.2) is 24.3 Å². The number of hydrogen-bond donors (Lipinski definition) is 1. The van der Waals surface area contributed by atoms with Gasteiger partial charge in [0.15, 0.2) is 5.13 Å². The maximum atomic E-state index is 12.2. The minimum absolute atomic E-state index is 0.127. The predicted octanol–water partition coefficient (Wildman–Crippen LogP) is 4.87. The molecule has 142 valence electrons. The number of nitrogens with one attached hydrogen (secondary N) is 1. The number of carbonyl (C=O) groups is 1. The number of esters is 1. The van der Waals surface area contributed by atoms with Crippen molar-refractivity contribution in [3.05, 3.63) is 29.1 Å². The first kappa shape index (κ1) is 20.1. The van der Waals surface area contributed by atoms with Crippen LogP contribution in [0.5, 0.6) is 5.75 Å². The Morgan fingerprint density at radius 1 is 1.23 bits per heavy atom. The number of alkyl halides is 2. The quantitative estimate of drug-likeness (QED) is 0.468. The number of methoxy groups -OCH3 is 1. The molecule has 0 aliphatic carbocycles. The van der Waals surface area contributed by atoms with Gasteiger partial charge in [0, 0.05) is 23.4 Å². The molecule has 0 atom stereocenters. The molecule has 0 radical (unpaired) electrons. The number of rotatable bonds is 10. The summed E-state index contributed by atoms with van der Waals surface area (Å²) in [5.74, 6) is -0.0509. The van der Waals surface area contributed by atoms with Crippen molar-refractivity contribution in [1.82, 2.24) is 4.98 Å². The summed E-state index contributed by atoms with van der Waals surface area (Å²) in [4.78, 5) is 16.6. The lowest BCUT2D eigenvalue weighted by Crippen LogP contribution is -2.03. The SMILES string of the molecule is COC(=O)CCCCCNc1nc(-c2ccc(OC(F)F)cc2)c(C)s1. The highest BCUT2D eigenvalue weighted by Crippen LogP contribution is 2.31. The van der Waals surface area contributed by atoms with Gasteiger partial charge in [0.25, 0.3) is 0 Å². The molecule has 1 heterocycles. The van der Waals surface area contributed by atoms with Gasteiger partial charge >= 0.3 is 12.6 Å². The fourth-order valence-corrected chi connectivity index (χ4v) is 3.26. The van der Waals surface area contributed by atoms with Gasteiger partial charge in [-0.25, -0.2) is 4.98 Å². The van der Waals surface area contributed by atoms with Crippen molar-refractivity contribution in [2.24, 2.45) is 0 Å². The van der Waals surface area contributed by atoms with E-state index < -0.39 is 6.61 Å². The van der Waals surface area contributed by atoms with Gasteiger partial charge in [-0.15, -0.1) is 11.3 Å². The van der Waals surface area contributed by atoms with Crippen molar-refractivity contribution >= 4 is 22.4 Å². The summed E-state index contributed by atoms with van der Waals surface area (Å²) in [6, 6.07) is 6.45. The van der Waals surface area contributed by atoms with Crippen LogP contribution in [0.4, 0.5) is 13.9 Å². The molecule has 1 aromatic heterocycles. The summed E-state index contributed by atoms with van der Waals surface area (Å²) in [6.45, 7) is -0.0855. The second kappa shape index (κ2) is 10.1. The van der Waals surface area contributed by atoms with Crippen molar-refractivity contribution in [3.8, 4) is 17.0 Å². The van der Waals surface area contributed by atoms with Gasteiger partial charge in [-0.05, 0) is 44.0 Å². The molecule has 5 nitrogen and oxygen atoms in total. The highest BCUT2D eigenvalue weighted by atomic mass is 32.1. The normalized spacial score (nSPS) is 10.8. The Morgan fingerprint density at radius 2 is 1.96 bits per heavy atom. The molecule has 2 rings (SSSR count). The van der Waals surface area contributed by atoms with Crippen LogP contribution in [0.25, 0.3) is 11.3 Å². The number of carbonyl (C=O) groups excluding carboxylic acids is 1. The number of unbranched alkanes of at least 4 members (excludes halogenated alkanes) is 2. The van der Waals surface area contributed by atoms with E-state index in [1.54, 1.807) is 23.5 Å². The summed E-state index contributed by atoms with van der Waals surface area (Å²) >= 11 is 1.55. The van der Waals surface area contributed by atoms with Crippen LogP contribution in [-0.4, -0.2) is 31.2 Å². The number of aryl methyl sites for hydroxylation is 1. The first-order valence-corrected chi connectivity index (χ1v) is 9.14. The molecule has 26 heavy (non-hydrogen) atoms. The number of ether oxygens (including phenoxy) is 2. The first-order valence-electron chi connectivity index (χ1n) is 8.33. The van der Waals surface area contributed by atoms with Crippen molar-refractivity contribution in [1.29, 1.82) is 0 Å². The van der Waals surface area contributed by atoms with E-state index >= 15 is 0 Å². The van der Waals surface area contributed by atoms with E-state index in [9.17, 15) is 13.6 Å². The lowest BCUT2D eigenvalue weighted by atomic mass is 10.1. The van der Waals surface area contributed by atoms with E-state index in [2.05, 4.69) is 19.8 Å². The fourth-order valence-electron chi connectivity index (χ4n) is 2.40. The summed E-state index contributed by atoms with van der Waals surface area (Å²) in [7, 11) is 1.39. The minimum atomic E-state index is -2.83. The van der Waals surface area contributed by atoms with E-state index in [0.29, 0.717) is 6.42 Å². The van der Waals surface area contributed by atoms with Gasteiger partial charge in [-0.3, -0.25) is 4.79 Å². The molecule has 0 unspecified atom stereocenters. The van der Waals surface area contributed by atoms with Crippen LogP contribution in [-0.2, 0) is 9.53 Å². The Hall–Kier alpha value is -2.22. The van der Waals surface area contributed by atoms with Crippen LogP contribution < -0.4 is 10.1 Å². The number of nitrogens with zero attached hydrogens (tertiary/aromatic N) is 1. The number of hydrogen-bond acceptors (Lipinski definition) is 6. The van der Waals surface area contributed by atoms with Crippen LogP contribution in [0.1, 0.15) is 30.6 Å². The van der Waals surface area contributed by atoms with E-state index in [0.717, 1.165) is 47.1 Å². The number of benzene rings is 1. The molecule has 0 aliphatic heterocycles. The molecule has 0 fully saturated rings. The molecular weight excluding hydrogens is 362 g/mol. The maximum Gasteiger partial charge on any atom is 0.387 e. The van der Waals surface area contributed by atoms with Crippen LogP contribution >= 0.6 is 11.3 Å². The molecule has 0 spiro atoms. The summed E-state index contributed by atoms with van der Waals surface area (Å²) < 4.78 is 33.4. The molecule has 2 aromatic rings. The lowest BCUT2D eigenvalue weighted by molar-refractivity contribution is -0.140. The van der Waals surface area contributed by atoms with Gasteiger partial charge in [0.2, 0.25) is 0 Å². The first-order chi connectivity index (χ1) is 12.5. The van der Waals surface area contributed by atoms with Crippen molar-refractivity contribution in [3.63, 3.8) is 0 Å². The standard InChI is InChI=1S/C18H22F2N2O3S/c1-12-16(13-7-9-14(10-8-13)25-17(19)20)22-18(26-12)21-11-5-3-4-6-15(23)24-2/h7-10,17H,3-6,11H2,1-2H3,(H,21,22). The van der Waals surface area contributed by atoms with Crippen LogP contribution in [0.2, 0.25) is 0 Å². The Bertz CT molecular complexity index is 705. The van der Waals surface area contributed by atoms with Gasteiger partial charge < -0.3 is 14.8 Å². The van der Waals surface area contributed by atoms with E-state index in [1.165, 1.54) is 19.2 Å². The summed E-state index contributed by atoms with van der Waals surface area (Å²) in [5.41, 5.74) is 1.68. The zero-order chi connectivity index (χ0) is 18.9. The topological polar surface area (TPSA) is 60.5 Å². The smallest absolute Gasteiger partial charge is 0.387 e. The number of halogens is 2. The number of aromatic nitrogens is 1. The van der Waals surface area contributed by atoms with Gasteiger partial charge in [0.1, 0.15) is 5.75 Å². The molecule has 0 saturated carbocycles. The molecule has 0 saturated heterocycles. The lowest BCUT2D eigenvalue weighted by Gasteiger charge is -2.05. The van der Waals surface area contributed by atoms with Crippen LogP contribution in [0.3, 0.4) is 0 Å². The zero-order valence-corrected chi connectivity index (χ0v) is 15.6. The second-order valence-electron chi connectivity index (χ2n) is 5.64. The number of anilines is 1. The number of thiazole rings is 1. The average Bonchev–Trinajstić information content (AvgIpc) is 2.98. The molecule has 0 aliphatic rings. The van der Waals surface area contributed by atoms with E-state index in [1.807, 2.05) is 6.92 Å². The highest BCUT2D eigenvalue weighted by Gasteiger charge is 2.11. The monoisotopic (exact) mass is 384 g/mol. The van der Waals surface area contributed by atoms with Crippen molar-refractivity contribution in [2.45, 2.75) is 39.2 Å². The predicted molar refractivity (Wildman–Crippen MR) is 97.9 cm³/mol. The molecule has 1 N–H and O–H groups in total. The Morgan fingerprint density at radius 3 is 2.62 bits per heavy atom. The van der Waals surface area contributed by atoms with Gasteiger partial charge in [0.05, 0.1) is 12.8 Å². The second-order valence-corrected chi connectivity index (χ2v) is 6.84. The third-order valence-electron chi connectivity index (χ3n) is 3.71. The minimum Gasteiger partial charge on any atom is -0.469 e. The molecule has 0 amide bonds. The Kier molecular flexibility index (Phi) is 7.77. The van der Waals surface area contributed by atoms with Crippen molar-refractivity contribution in [2.75, 3.05) is 19.0 Å². The molecular formula is C18H22F2N2O3S. The molecule has 1 aromatic carbocycles. The largest absolute Gasteiger partial charge is 0.469 e. The third kappa shape index (κ3) is 6.25. The van der Waals surface area contributed by atoms with Crippen molar-refractivity contribution < 1.29 is 23.0 Å². The molecule has 0 bridgehead atoms. The van der Waals surface area contributed by atoms with Crippen LogP contribution in [0, 0.1) is 6.92 Å². The Balaban J connectivity index is 1.83. The third-order valence-corrected chi connectivity index (χ3v) is 4.64. The molecule has 8 heteroatoms.